The number of fused-ring (bicyclic) bond motifs is 1. The lowest BCUT2D eigenvalue weighted by Gasteiger charge is -2.07. The van der Waals surface area contributed by atoms with Crippen LogP contribution >= 0.6 is 22.9 Å². The average Bonchev–Trinajstić information content (AvgIpc) is 3.26. The van der Waals surface area contributed by atoms with Crippen molar-refractivity contribution in [2.24, 2.45) is 0 Å². The summed E-state index contributed by atoms with van der Waals surface area (Å²) in [5.74, 6) is -0.234. The first-order valence-electron chi connectivity index (χ1n) is 9.28. The molecule has 0 bridgehead atoms. The molecular formula is C21H19ClN4O3S2. The number of aryl methyl sites for hydroxylation is 1. The van der Waals surface area contributed by atoms with Gasteiger partial charge < -0.3 is 5.32 Å². The van der Waals surface area contributed by atoms with E-state index in [1.807, 2.05) is 41.9 Å². The first kappa shape index (κ1) is 21.4. The number of hydrogen-bond acceptors (Lipinski definition) is 5. The first-order chi connectivity index (χ1) is 14.7. The Morgan fingerprint density at radius 1 is 1.10 bits per heavy atom. The number of carbonyl (C=O) groups is 1. The number of carbonyl (C=O) groups excluding carboxylic acids is 1. The molecule has 2 heterocycles. The van der Waals surface area contributed by atoms with Crippen molar-refractivity contribution < 1.29 is 13.2 Å². The molecular weight excluding hydrogens is 456 g/mol. The molecule has 4 rings (SSSR count). The van der Waals surface area contributed by atoms with Crippen molar-refractivity contribution >= 4 is 60.5 Å². The van der Waals surface area contributed by atoms with Crippen LogP contribution in [0.15, 0.2) is 54.6 Å². The highest BCUT2D eigenvalue weighted by molar-refractivity contribution is 7.92. The molecule has 0 aliphatic heterocycles. The Labute approximate surface area is 188 Å². The quantitative estimate of drug-likeness (QED) is 0.422. The molecule has 0 spiro atoms. The lowest BCUT2D eigenvalue weighted by molar-refractivity contribution is 0.103. The fourth-order valence-corrected chi connectivity index (χ4v) is 4.87. The van der Waals surface area contributed by atoms with Crippen molar-refractivity contribution in [2.45, 2.75) is 13.5 Å². The van der Waals surface area contributed by atoms with Gasteiger partial charge in [0.15, 0.2) is 0 Å². The Morgan fingerprint density at radius 3 is 2.39 bits per heavy atom. The van der Waals surface area contributed by atoms with E-state index < -0.39 is 10.0 Å². The number of benzene rings is 2. The second-order valence-electron chi connectivity index (χ2n) is 7.10. The molecule has 0 aliphatic rings. The maximum Gasteiger partial charge on any atom is 0.265 e. The summed E-state index contributed by atoms with van der Waals surface area (Å²) in [4.78, 5) is 14.2. The standard InChI is InChI=1S/C21H19ClN4O3S2/c1-13-18-11-19(20(27)23-16-7-9-17(10-8-16)25-31(2,28)29)30-21(18)26(24-13)12-14-3-5-15(22)6-4-14/h3-11,25H,12H2,1-2H3,(H,23,27). The van der Waals surface area contributed by atoms with E-state index in [1.165, 1.54) is 11.3 Å². The van der Waals surface area contributed by atoms with E-state index in [-0.39, 0.29) is 5.91 Å². The van der Waals surface area contributed by atoms with Crippen LogP contribution in [-0.4, -0.2) is 30.4 Å². The van der Waals surface area contributed by atoms with Gasteiger partial charge in [0.05, 0.1) is 23.4 Å². The first-order valence-corrected chi connectivity index (χ1v) is 12.4. The van der Waals surface area contributed by atoms with Gasteiger partial charge in [0.1, 0.15) is 4.83 Å². The van der Waals surface area contributed by atoms with Gasteiger partial charge >= 0.3 is 0 Å². The lowest BCUT2D eigenvalue weighted by atomic mass is 10.2. The number of aromatic nitrogens is 2. The van der Waals surface area contributed by atoms with E-state index >= 15 is 0 Å². The van der Waals surface area contributed by atoms with Gasteiger partial charge in [-0.05, 0) is 55.0 Å². The van der Waals surface area contributed by atoms with Crippen molar-refractivity contribution in [3.63, 3.8) is 0 Å². The van der Waals surface area contributed by atoms with Crippen LogP contribution in [0, 0.1) is 6.92 Å². The molecule has 0 aliphatic carbocycles. The van der Waals surface area contributed by atoms with Gasteiger partial charge in [-0.1, -0.05) is 23.7 Å². The Balaban J connectivity index is 1.53. The van der Waals surface area contributed by atoms with Gasteiger partial charge in [-0.3, -0.25) is 14.2 Å². The van der Waals surface area contributed by atoms with E-state index in [0.29, 0.717) is 27.8 Å². The Morgan fingerprint density at radius 2 is 1.74 bits per heavy atom. The van der Waals surface area contributed by atoms with E-state index in [9.17, 15) is 13.2 Å². The predicted octanol–water partition coefficient (Wildman–Crippen LogP) is 4.73. The molecule has 2 N–H and O–H groups in total. The van der Waals surface area contributed by atoms with Crippen LogP contribution in [0.5, 0.6) is 0 Å². The zero-order chi connectivity index (χ0) is 22.2. The fourth-order valence-electron chi connectivity index (χ4n) is 3.12. The lowest BCUT2D eigenvalue weighted by Crippen LogP contribution is -2.11. The van der Waals surface area contributed by atoms with Gasteiger partial charge in [-0.2, -0.15) is 5.10 Å². The normalized spacial score (nSPS) is 11.6. The maximum absolute atomic E-state index is 12.8. The highest BCUT2D eigenvalue weighted by Gasteiger charge is 2.17. The maximum atomic E-state index is 12.8. The van der Waals surface area contributed by atoms with Crippen LogP contribution in [-0.2, 0) is 16.6 Å². The zero-order valence-corrected chi connectivity index (χ0v) is 19.1. The summed E-state index contributed by atoms with van der Waals surface area (Å²) in [6, 6.07) is 15.9. The van der Waals surface area contributed by atoms with E-state index in [0.717, 1.165) is 27.7 Å². The number of nitrogens with one attached hydrogen (secondary N) is 2. The highest BCUT2D eigenvalue weighted by Crippen LogP contribution is 2.29. The van der Waals surface area contributed by atoms with Crippen molar-refractivity contribution in [1.82, 2.24) is 9.78 Å². The summed E-state index contributed by atoms with van der Waals surface area (Å²) < 4.78 is 26.9. The van der Waals surface area contributed by atoms with Crippen LogP contribution < -0.4 is 10.0 Å². The Hall–Kier alpha value is -2.88. The molecule has 0 atom stereocenters. The number of rotatable bonds is 6. The minimum atomic E-state index is -3.35. The number of hydrogen-bond donors (Lipinski definition) is 2. The number of amides is 1. The molecule has 0 fully saturated rings. The molecule has 4 aromatic rings. The third-order valence-electron chi connectivity index (χ3n) is 4.52. The van der Waals surface area contributed by atoms with Gasteiger partial charge in [-0.25, -0.2) is 8.42 Å². The summed E-state index contributed by atoms with van der Waals surface area (Å²) in [5.41, 5.74) is 2.92. The molecule has 2 aromatic heterocycles. The average molecular weight is 475 g/mol. The summed E-state index contributed by atoms with van der Waals surface area (Å²) in [5, 5.41) is 9.06. The molecule has 0 saturated carbocycles. The van der Waals surface area contributed by atoms with Crippen LogP contribution in [0.25, 0.3) is 10.2 Å². The van der Waals surface area contributed by atoms with Gasteiger partial charge in [-0.15, -0.1) is 11.3 Å². The van der Waals surface area contributed by atoms with E-state index in [4.69, 9.17) is 11.6 Å². The van der Waals surface area contributed by atoms with Gasteiger partial charge in [0.2, 0.25) is 10.0 Å². The summed E-state index contributed by atoms with van der Waals surface area (Å²) in [6.07, 6.45) is 1.08. The minimum Gasteiger partial charge on any atom is -0.321 e. The number of anilines is 2. The summed E-state index contributed by atoms with van der Waals surface area (Å²) in [6.45, 7) is 2.50. The summed E-state index contributed by atoms with van der Waals surface area (Å²) >= 11 is 7.34. The van der Waals surface area contributed by atoms with Crippen LogP contribution in [0.3, 0.4) is 0 Å². The molecule has 0 unspecified atom stereocenters. The third kappa shape index (κ3) is 5.07. The molecule has 0 radical (unpaired) electrons. The topological polar surface area (TPSA) is 93.1 Å². The predicted molar refractivity (Wildman–Crippen MR) is 126 cm³/mol. The van der Waals surface area contributed by atoms with E-state index in [1.54, 1.807) is 24.3 Å². The third-order valence-corrected chi connectivity index (χ3v) is 6.53. The van der Waals surface area contributed by atoms with Crippen LogP contribution in [0.1, 0.15) is 20.9 Å². The zero-order valence-electron chi connectivity index (χ0n) is 16.7. The molecule has 7 nitrogen and oxygen atoms in total. The fraction of sp³-hybridized carbons (Fsp3) is 0.143. The van der Waals surface area contributed by atoms with Gasteiger partial charge in [0.25, 0.3) is 5.91 Å². The number of thiophene rings is 1. The van der Waals surface area contributed by atoms with E-state index in [2.05, 4.69) is 15.1 Å². The molecule has 1 amide bonds. The molecule has 160 valence electrons. The number of halogens is 1. The van der Waals surface area contributed by atoms with Crippen molar-refractivity contribution in [2.75, 3.05) is 16.3 Å². The van der Waals surface area contributed by atoms with Crippen LogP contribution in [0.4, 0.5) is 11.4 Å². The van der Waals surface area contributed by atoms with Crippen molar-refractivity contribution in [1.29, 1.82) is 0 Å². The monoisotopic (exact) mass is 474 g/mol. The SMILES string of the molecule is Cc1nn(Cc2ccc(Cl)cc2)c2sc(C(=O)Nc3ccc(NS(C)(=O)=O)cc3)cc12. The molecule has 10 heteroatoms. The van der Waals surface area contributed by atoms with Gasteiger partial charge in [0, 0.05) is 21.8 Å². The molecule has 31 heavy (non-hydrogen) atoms. The minimum absolute atomic E-state index is 0.234. The van der Waals surface area contributed by atoms with Crippen LogP contribution in [0.2, 0.25) is 5.02 Å². The largest absolute Gasteiger partial charge is 0.321 e. The van der Waals surface area contributed by atoms with Crippen molar-refractivity contribution in [3.05, 3.63) is 75.8 Å². The number of nitrogens with zero attached hydrogens (tertiary/aromatic N) is 2. The smallest absolute Gasteiger partial charge is 0.265 e. The Bertz CT molecular complexity index is 1360. The molecule has 0 saturated heterocycles. The molecule has 2 aromatic carbocycles. The second-order valence-corrected chi connectivity index (χ2v) is 10.3. The second kappa shape index (κ2) is 8.33. The van der Waals surface area contributed by atoms with Crippen molar-refractivity contribution in [3.8, 4) is 0 Å². The Kier molecular flexibility index (Phi) is 5.74. The number of sulfonamides is 1. The summed E-state index contributed by atoms with van der Waals surface area (Å²) in [7, 11) is -3.35. The highest BCUT2D eigenvalue weighted by atomic mass is 35.5.